The number of rotatable bonds is 9. The number of ether oxygens (including phenoxy) is 3. The minimum Gasteiger partial charge on any atom is -0.327 e. The fourth-order valence-electron chi connectivity index (χ4n) is 3.48. The highest BCUT2D eigenvalue weighted by Gasteiger charge is 2.44. The summed E-state index contributed by atoms with van der Waals surface area (Å²) < 4.78 is 41.5. The van der Waals surface area contributed by atoms with Crippen LogP contribution in [0.3, 0.4) is 0 Å². The molecule has 166 valence electrons. The molecule has 1 fully saturated rings. The van der Waals surface area contributed by atoms with Gasteiger partial charge in [0.1, 0.15) is 5.92 Å². The molecular formula is C20H25ClO8S. The van der Waals surface area contributed by atoms with Crippen molar-refractivity contribution in [2.45, 2.75) is 44.0 Å². The molecule has 0 N–H and O–H groups in total. The summed E-state index contributed by atoms with van der Waals surface area (Å²) in [6.07, 6.45) is 1.60. The van der Waals surface area contributed by atoms with Crippen molar-refractivity contribution in [2.24, 2.45) is 5.92 Å². The molecule has 1 aliphatic carbocycles. The highest BCUT2D eigenvalue weighted by atomic mass is 35.5. The lowest BCUT2D eigenvalue weighted by Crippen LogP contribution is -2.39. The molecule has 0 heterocycles. The van der Waals surface area contributed by atoms with Gasteiger partial charge in [-0.1, -0.05) is 11.6 Å². The highest BCUT2D eigenvalue weighted by molar-refractivity contribution is 7.90. The average molecular weight is 461 g/mol. The Labute approximate surface area is 180 Å². The normalized spacial score (nSPS) is 16.2. The van der Waals surface area contributed by atoms with E-state index in [9.17, 15) is 22.8 Å². The molecule has 1 aliphatic rings. The molecule has 1 aromatic carbocycles. The third-order valence-corrected chi connectivity index (χ3v) is 6.30. The van der Waals surface area contributed by atoms with Crippen molar-refractivity contribution in [2.75, 3.05) is 26.6 Å². The van der Waals surface area contributed by atoms with Gasteiger partial charge in [-0.25, -0.2) is 8.42 Å². The fourth-order valence-corrected chi connectivity index (χ4v) is 4.82. The summed E-state index contributed by atoms with van der Waals surface area (Å²) in [6.45, 7) is 3.45. The minimum absolute atomic E-state index is 0.0745. The zero-order valence-corrected chi connectivity index (χ0v) is 18.9. The van der Waals surface area contributed by atoms with Crippen LogP contribution in [0.2, 0.25) is 5.02 Å². The summed E-state index contributed by atoms with van der Waals surface area (Å²) in [6, 6.07) is 2.37. The van der Waals surface area contributed by atoms with Crippen molar-refractivity contribution in [3.05, 3.63) is 28.3 Å². The van der Waals surface area contributed by atoms with Crippen molar-refractivity contribution in [3.8, 4) is 0 Å². The van der Waals surface area contributed by atoms with Crippen LogP contribution in [0, 0.1) is 5.92 Å². The lowest BCUT2D eigenvalue weighted by Gasteiger charge is -2.33. The second-order valence-corrected chi connectivity index (χ2v) is 9.14. The average Bonchev–Trinajstić information content (AvgIpc) is 2.66. The molecule has 0 aromatic heterocycles. The molecule has 30 heavy (non-hydrogen) atoms. The van der Waals surface area contributed by atoms with Gasteiger partial charge in [0.05, 0.1) is 15.5 Å². The molecule has 0 bridgehead atoms. The molecule has 0 unspecified atom stereocenters. The molecule has 0 spiro atoms. The van der Waals surface area contributed by atoms with E-state index >= 15 is 0 Å². The van der Waals surface area contributed by atoms with Gasteiger partial charge in [0.25, 0.3) is 0 Å². The number of halogens is 1. The zero-order valence-electron chi connectivity index (χ0n) is 17.3. The van der Waals surface area contributed by atoms with Gasteiger partial charge >= 0.3 is 5.97 Å². The van der Waals surface area contributed by atoms with E-state index in [1.165, 1.54) is 19.2 Å². The maximum Gasteiger partial charge on any atom is 0.314 e. The van der Waals surface area contributed by atoms with Crippen LogP contribution in [-0.4, -0.2) is 52.3 Å². The second-order valence-electron chi connectivity index (χ2n) is 6.78. The molecular weight excluding hydrogens is 436 g/mol. The summed E-state index contributed by atoms with van der Waals surface area (Å²) in [5.74, 6) is -5.20. The van der Waals surface area contributed by atoms with E-state index in [1.54, 1.807) is 13.8 Å². The number of hydrogen-bond acceptors (Lipinski definition) is 8. The van der Waals surface area contributed by atoms with Crippen LogP contribution in [0.15, 0.2) is 17.0 Å². The van der Waals surface area contributed by atoms with E-state index in [0.717, 1.165) is 6.26 Å². The number of ketones is 3. The van der Waals surface area contributed by atoms with E-state index in [4.69, 9.17) is 25.8 Å². The Balaban J connectivity index is 2.78. The molecule has 0 aliphatic heterocycles. The Morgan fingerprint density at radius 3 is 2.10 bits per heavy atom. The SMILES string of the molecule is CCOC(OC)(OCC)c1c(S(C)(=O)=O)ccc(C(=O)C2C(=O)CCCC2=O)c1Cl. The zero-order chi connectivity index (χ0) is 22.7. The molecule has 0 atom stereocenters. The van der Waals surface area contributed by atoms with Gasteiger partial charge in [-0.3, -0.25) is 14.4 Å². The van der Waals surface area contributed by atoms with Crippen LogP contribution in [0.4, 0.5) is 0 Å². The smallest absolute Gasteiger partial charge is 0.314 e. The standard InChI is InChI=1S/C20H25ClO8S/c1-5-28-20(27-3,29-6-2)17-15(30(4,25)26)11-10-12(18(17)21)19(24)16-13(22)8-7-9-14(16)23/h10-11,16H,5-9H2,1-4H3. The van der Waals surface area contributed by atoms with Gasteiger partial charge in [-0.15, -0.1) is 0 Å². The number of Topliss-reactive ketones (excluding diaryl/α,β-unsaturated/α-hetero) is 3. The van der Waals surface area contributed by atoms with Crippen molar-refractivity contribution in [3.63, 3.8) is 0 Å². The molecule has 1 aromatic rings. The summed E-state index contributed by atoms with van der Waals surface area (Å²) in [4.78, 5) is 37.3. The number of methoxy groups -OCH3 is 1. The summed E-state index contributed by atoms with van der Waals surface area (Å²) in [5, 5.41) is -0.308. The van der Waals surface area contributed by atoms with E-state index in [0.29, 0.717) is 6.42 Å². The van der Waals surface area contributed by atoms with Gasteiger partial charge in [0.2, 0.25) is 0 Å². The topological polar surface area (TPSA) is 113 Å². The molecule has 1 saturated carbocycles. The monoisotopic (exact) mass is 460 g/mol. The molecule has 0 amide bonds. The minimum atomic E-state index is -3.84. The van der Waals surface area contributed by atoms with Crippen LogP contribution in [0.1, 0.15) is 49.0 Å². The lowest BCUT2D eigenvalue weighted by atomic mass is 9.81. The van der Waals surface area contributed by atoms with Gasteiger partial charge in [0, 0.05) is 45.0 Å². The van der Waals surface area contributed by atoms with E-state index < -0.39 is 39.1 Å². The maximum atomic E-state index is 13.1. The third-order valence-electron chi connectivity index (χ3n) is 4.76. The predicted molar refractivity (Wildman–Crippen MR) is 108 cm³/mol. The molecule has 10 heteroatoms. The third kappa shape index (κ3) is 4.65. The Kier molecular flexibility index (Phi) is 7.92. The number of sulfone groups is 1. The van der Waals surface area contributed by atoms with Crippen LogP contribution < -0.4 is 0 Å². The second kappa shape index (κ2) is 9.65. The quantitative estimate of drug-likeness (QED) is 0.314. The summed E-state index contributed by atoms with van der Waals surface area (Å²) in [5.41, 5.74) is -0.382. The first-order valence-corrected chi connectivity index (χ1v) is 11.8. The van der Waals surface area contributed by atoms with Crippen LogP contribution in [0.25, 0.3) is 0 Å². The Hall–Kier alpha value is -1.65. The number of hydrogen-bond donors (Lipinski definition) is 0. The molecule has 0 radical (unpaired) electrons. The Morgan fingerprint density at radius 2 is 1.67 bits per heavy atom. The van der Waals surface area contributed by atoms with Crippen LogP contribution in [0.5, 0.6) is 0 Å². The first-order chi connectivity index (χ1) is 14.0. The van der Waals surface area contributed by atoms with Crippen LogP contribution >= 0.6 is 11.6 Å². The van der Waals surface area contributed by atoms with Crippen molar-refractivity contribution in [1.82, 2.24) is 0 Å². The van der Waals surface area contributed by atoms with Gasteiger partial charge in [0.15, 0.2) is 27.2 Å². The maximum absolute atomic E-state index is 13.1. The Bertz CT molecular complexity index is 932. The van der Waals surface area contributed by atoms with Crippen LogP contribution in [-0.2, 0) is 39.6 Å². The van der Waals surface area contributed by atoms with Crippen molar-refractivity contribution < 1.29 is 37.0 Å². The number of benzene rings is 1. The summed E-state index contributed by atoms with van der Waals surface area (Å²) in [7, 11) is -2.60. The number of carbonyl (C=O) groups is 3. The summed E-state index contributed by atoms with van der Waals surface area (Å²) >= 11 is 6.52. The molecule has 2 rings (SSSR count). The molecule has 8 nitrogen and oxygen atoms in total. The molecule has 0 saturated heterocycles. The first-order valence-electron chi connectivity index (χ1n) is 9.49. The first kappa shape index (κ1) is 24.6. The fraction of sp³-hybridized carbons (Fsp3) is 0.550. The lowest BCUT2D eigenvalue weighted by molar-refractivity contribution is -0.382. The highest BCUT2D eigenvalue weighted by Crippen LogP contribution is 2.41. The van der Waals surface area contributed by atoms with E-state index in [1.807, 2.05) is 0 Å². The largest absolute Gasteiger partial charge is 0.327 e. The van der Waals surface area contributed by atoms with Gasteiger partial charge in [-0.05, 0) is 32.4 Å². The predicted octanol–water partition coefficient (Wildman–Crippen LogP) is 2.69. The Morgan fingerprint density at radius 1 is 1.13 bits per heavy atom. The van der Waals surface area contributed by atoms with E-state index in [-0.39, 0.29) is 47.1 Å². The van der Waals surface area contributed by atoms with Crippen molar-refractivity contribution >= 4 is 38.8 Å². The van der Waals surface area contributed by atoms with Crippen molar-refractivity contribution in [1.29, 1.82) is 0 Å². The number of carbonyl (C=O) groups excluding carboxylic acids is 3. The van der Waals surface area contributed by atoms with Gasteiger partial charge < -0.3 is 14.2 Å². The van der Waals surface area contributed by atoms with Gasteiger partial charge in [-0.2, -0.15) is 0 Å². The van der Waals surface area contributed by atoms with E-state index in [2.05, 4.69) is 0 Å².